The number of methoxy groups -OCH3 is 2. The molecule has 2 heterocycles. The smallest absolute Gasteiger partial charge is 0.261 e. The summed E-state index contributed by atoms with van der Waals surface area (Å²) in [6.07, 6.45) is 0. The van der Waals surface area contributed by atoms with Gasteiger partial charge in [0.15, 0.2) is 11.5 Å². The Morgan fingerprint density at radius 2 is 1.60 bits per heavy atom. The van der Waals surface area contributed by atoms with Crippen molar-refractivity contribution >= 4 is 34.3 Å². The van der Waals surface area contributed by atoms with Crippen LogP contribution in [-0.2, 0) is 0 Å². The number of aromatic nitrogens is 1. The number of hydrogen-bond donors (Lipinski definition) is 1. The van der Waals surface area contributed by atoms with Crippen LogP contribution in [0.2, 0.25) is 0 Å². The Morgan fingerprint density at radius 1 is 0.857 bits per heavy atom. The van der Waals surface area contributed by atoms with Crippen molar-refractivity contribution in [3.63, 3.8) is 0 Å². The van der Waals surface area contributed by atoms with E-state index >= 15 is 0 Å². The van der Waals surface area contributed by atoms with Gasteiger partial charge < -0.3 is 14.8 Å². The van der Waals surface area contributed by atoms with E-state index in [1.165, 1.54) is 13.1 Å². The predicted molar refractivity (Wildman–Crippen MR) is 131 cm³/mol. The van der Waals surface area contributed by atoms with Crippen molar-refractivity contribution < 1.29 is 23.9 Å². The zero-order valence-electron chi connectivity index (χ0n) is 19.3. The number of carbonyl (C=O) groups is 3. The topological polar surface area (TPSA) is 97.8 Å². The van der Waals surface area contributed by atoms with Gasteiger partial charge in [0.1, 0.15) is 0 Å². The van der Waals surface area contributed by atoms with Gasteiger partial charge in [0.05, 0.1) is 42.1 Å². The number of fused-ring (bicyclic) bond motifs is 2. The van der Waals surface area contributed by atoms with Crippen LogP contribution in [-0.4, -0.2) is 48.9 Å². The van der Waals surface area contributed by atoms with Crippen LogP contribution < -0.4 is 14.8 Å². The number of rotatable bonds is 5. The molecule has 0 saturated heterocycles. The zero-order valence-corrected chi connectivity index (χ0v) is 19.3. The summed E-state index contributed by atoms with van der Waals surface area (Å²) in [7, 11) is 4.55. The molecule has 174 valence electrons. The zero-order chi connectivity index (χ0) is 24.7. The monoisotopic (exact) mass is 467 g/mol. The van der Waals surface area contributed by atoms with Crippen molar-refractivity contribution in [3.05, 3.63) is 83.4 Å². The van der Waals surface area contributed by atoms with Gasteiger partial charge in [-0.15, -0.1) is 0 Å². The second-order valence-corrected chi connectivity index (χ2v) is 8.03. The van der Waals surface area contributed by atoms with Crippen LogP contribution in [0.3, 0.4) is 0 Å². The molecule has 8 heteroatoms. The number of nitrogens with zero attached hydrogens (tertiary/aromatic N) is 2. The Bertz CT molecular complexity index is 1530. The van der Waals surface area contributed by atoms with E-state index in [1.807, 2.05) is 30.3 Å². The molecular formula is C27H21N3O5. The summed E-state index contributed by atoms with van der Waals surface area (Å²) in [5, 5.41) is 3.54. The number of anilines is 1. The fraction of sp³-hybridized carbons (Fsp3) is 0.111. The Balaban J connectivity index is 1.55. The first kappa shape index (κ1) is 22.1. The second kappa shape index (κ2) is 8.57. The van der Waals surface area contributed by atoms with Crippen molar-refractivity contribution in [2.24, 2.45) is 0 Å². The van der Waals surface area contributed by atoms with Crippen LogP contribution in [0.15, 0.2) is 66.7 Å². The first-order valence-corrected chi connectivity index (χ1v) is 10.8. The van der Waals surface area contributed by atoms with Gasteiger partial charge in [0, 0.05) is 23.7 Å². The van der Waals surface area contributed by atoms with E-state index in [4.69, 9.17) is 14.5 Å². The third-order valence-corrected chi connectivity index (χ3v) is 5.99. The third-order valence-electron chi connectivity index (χ3n) is 5.99. The lowest BCUT2D eigenvalue weighted by molar-refractivity contribution is 0.0692. The van der Waals surface area contributed by atoms with E-state index in [0.717, 1.165) is 10.5 Å². The van der Waals surface area contributed by atoms with Gasteiger partial charge in [-0.3, -0.25) is 19.3 Å². The summed E-state index contributed by atoms with van der Waals surface area (Å²) in [6, 6.07) is 19.2. The highest BCUT2D eigenvalue weighted by Gasteiger charge is 2.32. The van der Waals surface area contributed by atoms with Crippen molar-refractivity contribution in [3.8, 4) is 22.8 Å². The highest BCUT2D eigenvalue weighted by molar-refractivity contribution is 6.22. The van der Waals surface area contributed by atoms with E-state index in [2.05, 4.69) is 5.32 Å². The molecule has 0 spiro atoms. The largest absolute Gasteiger partial charge is 0.493 e. The quantitative estimate of drug-likeness (QED) is 0.437. The Kier molecular flexibility index (Phi) is 5.41. The lowest BCUT2D eigenvalue weighted by Crippen LogP contribution is -2.24. The molecule has 0 fully saturated rings. The van der Waals surface area contributed by atoms with Gasteiger partial charge in [0.25, 0.3) is 17.7 Å². The van der Waals surface area contributed by atoms with E-state index in [9.17, 15) is 14.4 Å². The summed E-state index contributed by atoms with van der Waals surface area (Å²) < 4.78 is 10.7. The molecular weight excluding hydrogens is 446 g/mol. The number of imide groups is 1. The van der Waals surface area contributed by atoms with E-state index < -0.39 is 5.91 Å². The van der Waals surface area contributed by atoms with Gasteiger partial charge >= 0.3 is 0 Å². The molecule has 1 aliphatic rings. The first-order valence-electron chi connectivity index (χ1n) is 10.8. The normalized spacial score (nSPS) is 12.6. The number of carbonyl (C=O) groups excluding carboxylic acids is 3. The number of pyridine rings is 1. The molecule has 35 heavy (non-hydrogen) atoms. The third kappa shape index (κ3) is 3.74. The molecule has 5 rings (SSSR count). The highest BCUT2D eigenvalue weighted by Crippen LogP contribution is 2.33. The van der Waals surface area contributed by atoms with E-state index in [1.54, 1.807) is 44.6 Å². The summed E-state index contributed by atoms with van der Waals surface area (Å²) >= 11 is 0. The summed E-state index contributed by atoms with van der Waals surface area (Å²) in [5.74, 6) is 0.0164. The summed E-state index contributed by atoms with van der Waals surface area (Å²) in [5.41, 5.74) is 3.42. The number of para-hydroxylation sites is 1. The van der Waals surface area contributed by atoms with Gasteiger partial charge in [-0.2, -0.15) is 0 Å². The number of ether oxygens (including phenoxy) is 2. The van der Waals surface area contributed by atoms with Crippen molar-refractivity contribution in [2.75, 3.05) is 26.6 Å². The van der Waals surface area contributed by atoms with E-state index in [0.29, 0.717) is 44.9 Å². The summed E-state index contributed by atoms with van der Waals surface area (Å²) in [6.45, 7) is 0. The lowest BCUT2D eigenvalue weighted by Gasteiger charge is -2.13. The molecule has 0 radical (unpaired) electrons. The van der Waals surface area contributed by atoms with Crippen LogP contribution in [0.4, 0.5) is 5.69 Å². The van der Waals surface area contributed by atoms with Crippen molar-refractivity contribution in [2.45, 2.75) is 0 Å². The standard InChI is InChI=1S/C27H21N3O5/c1-30-26(32)18-10-9-16(13-20(18)27(30)33)28-25(31)19-14-22(29-21-7-5-4-6-17(19)21)15-8-11-23(34-2)24(12-15)35-3/h4-14H,1-3H3,(H,28,31). The van der Waals surface area contributed by atoms with Gasteiger partial charge in [0.2, 0.25) is 0 Å². The van der Waals surface area contributed by atoms with Gasteiger partial charge in [-0.1, -0.05) is 18.2 Å². The van der Waals surface area contributed by atoms with Crippen LogP contribution in [0.25, 0.3) is 22.2 Å². The minimum Gasteiger partial charge on any atom is -0.493 e. The van der Waals surface area contributed by atoms with Crippen LogP contribution >= 0.6 is 0 Å². The van der Waals surface area contributed by atoms with Crippen LogP contribution in [0, 0.1) is 0 Å². The van der Waals surface area contributed by atoms with Gasteiger partial charge in [-0.05, 0) is 48.5 Å². The maximum Gasteiger partial charge on any atom is 0.261 e. The maximum atomic E-state index is 13.4. The SMILES string of the molecule is COc1ccc(-c2cc(C(=O)Nc3ccc4c(c3)C(=O)N(C)C4=O)c3ccccc3n2)cc1OC. The van der Waals surface area contributed by atoms with Crippen LogP contribution in [0.1, 0.15) is 31.1 Å². The average Bonchev–Trinajstić information content (AvgIpc) is 3.10. The molecule has 1 aromatic heterocycles. The molecule has 4 aromatic rings. The molecule has 0 aliphatic carbocycles. The Labute approximate surface area is 201 Å². The fourth-order valence-electron chi connectivity index (χ4n) is 4.14. The van der Waals surface area contributed by atoms with E-state index in [-0.39, 0.29) is 17.4 Å². The minimum absolute atomic E-state index is 0.265. The predicted octanol–water partition coefficient (Wildman–Crippen LogP) is 4.40. The minimum atomic E-state index is -0.397. The number of hydrogen-bond acceptors (Lipinski definition) is 6. The average molecular weight is 467 g/mol. The molecule has 0 bridgehead atoms. The highest BCUT2D eigenvalue weighted by atomic mass is 16.5. The summed E-state index contributed by atoms with van der Waals surface area (Å²) in [4.78, 5) is 43.7. The second-order valence-electron chi connectivity index (χ2n) is 8.03. The molecule has 0 saturated carbocycles. The first-order chi connectivity index (χ1) is 16.9. The molecule has 0 unspecified atom stereocenters. The van der Waals surface area contributed by atoms with Gasteiger partial charge in [-0.25, -0.2) is 4.98 Å². The van der Waals surface area contributed by atoms with Crippen molar-refractivity contribution in [1.29, 1.82) is 0 Å². The number of amides is 3. The Morgan fingerprint density at radius 3 is 2.37 bits per heavy atom. The molecule has 1 aliphatic heterocycles. The lowest BCUT2D eigenvalue weighted by atomic mass is 10.0. The molecule has 1 N–H and O–H groups in total. The molecule has 3 aromatic carbocycles. The number of nitrogens with one attached hydrogen (secondary N) is 1. The Hall–Kier alpha value is -4.72. The molecule has 3 amide bonds. The fourth-order valence-corrected chi connectivity index (χ4v) is 4.14. The van der Waals surface area contributed by atoms with Crippen LogP contribution in [0.5, 0.6) is 11.5 Å². The number of benzene rings is 3. The van der Waals surface area contributed by atoms with Crippen molar-refractivity contribution in [1.82, 2.24) is 9.88 Å². The molecule has 0 atom stereocenters. The molecule has 8 nitrogen and oxygen atoms in total. The maximum absolute atomic E-state index is 13.4.